The minimum Gasteiger partial charge on any atom is -0.355 e. The van der Waals surface area contributed by atoms with Gasteiger partial charge in [0, 0.05) is 51.1 Å². The number of piperidine rings is 2. The van der Waals surface area contributed by atoms with Crippen molar-refractivity contribution >= 4 is 33.3 Å². The first-order valence-corrected chi connectivity index (χ1v) is 12.6. The number of alkyl halides is 3. The summed E-state index contributed by atoms with van der Waals surface area (Å²) in [6.07, 6.45) is -0.360. The summed E-state index contributed by atoms with van der Waals surface area (Å²) in [4.78, 5) is 28.0. The van der Waals surface area contributed by atoms with Crippen LogP contribution in [0.1, 0.15) is 31.1 Å². The van der Waals surface area contributed by atoms with Crippen molar-refractivity contribution in [3.8, 4) is 0 Å². The largest absolute Gasteiger partial charge is 0.393 e. The average molecular weight is 482 g/mol. The number of anilines is 1. The van der Waals surface area contributed by atoms with E-state index in [0.717, 1.165) is 87.6 Å². The zero-order chi connectivity index (χ0) is 23.2. The van der Waals surface area contributed by atoms with E-state index < -0.39 is 12.6 Å². The molecule has 3 aliphatic heterocycles. The first kappa shape index (κ1) is 22.8. The Morgan fingerprint density at radius 3 is 2.58 bits per heavy atom. The van der Waals surface area contributed by atoms with E-state index in [1.54, 1.807) is 13.0 Å². The number of rotatable bonds is 4. The molecule has 0 bridgehead atoms. The second-order valence-electron chi connectivity index (χ2n) is 9.84. The fourth-order valence-corrected chi connectivity index (χ4v) is 6.83. The number of carbonyl (C=O) groups is 1. The summed E-state index contributed by atoms with van der Waals surface area (Å²) in [5.41, 5.74) is 0. The van der Waals surface area contributed by atoms with Gasteiger partial charge in [-0.1, -0.05) is 0 Å². The smallest absolute Gasteiger partial charge is 0.355 e. The van der Waals surface area contributed by atoms with Gasteiger partial charge in [-0.05, 0) is 49.6 Å². The van der Waals surface area contributed by atoms with Gasteiger partial charge < -0.3 is 14.7 Å². The van der Waals surface area contributed by atoms with Crippen molar-refractivity contribution in [2.45, 2.75) is 38.8 Å². The van der Waals surface area contributed by atoms with Gasteiger partial charge in [0.2, 0.25) is 5.91 Å². The summed E-state index contributed by atoms with van der Waals surface area (Å²) in [6, 6.07) is 1.63. The molecule has 5 rings (SSSR count). The normalized spacial score (nSPS) is 25.1. The molecule has 0 aromatic carbocycles. The third-order valence-electron chi connectivity index (χ3n) is 7.50. The Hall–Kier alpha value is -1.94. The number of halogens is 3. The molecule has 0 N–H and O–H groups in total. The number of nitrogens with zero attached hydrogens (tertiary/aromatic N) is 5. The number of aromatic nitrogens is 2. The molecule has 6 nitrogen and oxygen atoms in total. The number of hydrogen-bond donors (Lipinski definition) is 0. The van der Waals surface area contributed by atoms with Crippen LogP contribution >= 0.6 is 11.3 Å². The minimum absolute atomic E-state index is 0.176. The molecule has 3 fully saturated rings. The molecule has 0 unspecified atom stereocenters. The van der Waals surface area contributed by atoms with Crippen LogP contribution in [0.2, 0.25) is 0 Å². The number of carbonyl (C=O) groups excluding carboxylic acids is 1. The Bertz CT molecular complexity index is 1000. The number of thiophene rings is 1. The molecule has 2 aromatic heterocycles. The highest BCUT2D eigenvalue weighted by Gasteiger charge is 2.39. The van der Waals surface area contributed by atoms with Gasteiger partial charge in [0.05, 0.1) is 11.8 Å². The maximum Gasteiger partial charge on any atom is 0.393 e. The van der Waals surface area contributed by atoms with Crippen molar-refractivity contribution in [2.75, 3.05) is 50.7 Å². The zero-order valence-electron chi connectivity index (χ0n) is 18.9. The molecule has 3 aliphatic rings. The molecule has 0 radical (unpaired) electrons. The molecule has 0 saturated carbocycles. The molecular weight excluding hydrogens is 451 g/mol. The SMILES string of the molecule is CC(=O)N1CCC(CN2CC[C@@H]3CN(c4ncnc5sc(CC(F)(F)F)cc45)C[C@@H]3C2)CC1. The number of likely N-dealkylation sites (tertiary alicyclic amines) is 2. The molecule has 1 amide bonds. The minimum atomic E-state index is -4.22. The van der Waals surface area contributed by atoms with E-state index in [1.807, 2.05) is 4.90 Å². The summed E-state index contributed by atoms with van der Waals surface area (Å²) in [5, 5.41) is 0.745. The predicted molar refractivity (Wildman–Crippen MR) is 122 cm³/mol. The van der Waals surface area contributed by atoms with Crippen LogP contribution in [0.5, 0.6) is 0 Å². The van der Waals surface area contributed by atoms with E-state index in [1.165, 1.54) is 6.33 Å². The van der Waals surface area contributed by atoms with Gasteiger partial charge in [-0.2, -0.15) is 13.2 Å². The standard InChI is InChI=1S/C23H30F3N5OS/c1-15(32)30-6-2-16(3-7-30)10-29-5-4-17-12-31(13-18(17)11-29)21-20-8-19(9-23(24,25)26)33-22(20)28-14-27-21/h8,14,16-18H,2-7,9-13H2,1H3/t17-,18+/m1/s1. The summed E-state index contributed by atoms with van der Waals surface area (Å²) in [6.45, 7) is 8.43. The predicted octanol–water partition coefficient (Wildman–Crippen LogP) is 3.81. The van der Waals surface area contributed by atoms with Crippen molar-refractivity contribution in [3.63, 3.8) is 0 Å². The summed E-state index contributed by atoms with van der Waals surface area (Å²) in [7, 11) is 0. The molecule has 33 heavy (non-hydrogen) atoms. The van der Waals surface area contributed by atoms with Crippen molar-refractivity contribution in [1.82, 2.24) is 19.8 Å². The fraction of sp³-hybridized carbons (Fsp3) is 0.696. The Balaban J connectivity index is 1.22. The molecule has 10 heteroatoms. The molecular formula is C23H30F3N5OS. The molecule has 0 spiro atoms. The Morgan fingerprint density at radius 2 is 1.85 bits per heavy atom. The monoisotopic (exact) mass is 481 g/mol. The van der Waals surface area contributed by atoms with E-state index in [-0.39, 0.29) is 10.8 Å². The topological polar surface area (TPSA) is 52.6 Å². The molecule has 3 saturated heterocycles. The van der Waals surface area contributed by atoms with Crippen LogP contribution in [0.25, 0.3) is 10.2 Å². The Morgan fingerprint density at radius 1 is 1.09 bits per heavy atom. The van der Waals surface area contributed by atoms with E-state index in [9.17, 15) is 18.0 Å². The van der Waals surface area contributed by atoms with Crippen LogP contribution in [0.3, 0.4) is 0 Å². The van der Waals surface area contributed by atoms with Gasteiger partial charge in [-0.25, -0.2) is 9.97 Å². The van der Waals surface area contributed by atoms with Gasteiger partial charge in [0.1, 0.15) is 17.0 Å². The maximum atomic E-state index is 12.9. The summed E-state index contributed by atoms with van der Waals surface area (Å²) in [5.74, 6) is 2.75. The van der Waals surface area contributed by atoms with E-state index in [4.69, 9.17) is 0 Å². The Kier molecular flexibility index (Phi) is 6.24. The third-order valence-corrected chi connectivity index (χ3v) is 8.54. The van der Waals surface area contributed by atoms with Crippen molar-refractivity contribution in [1.29, 1.82) is 0 Å². The van der Waals surface area contributed by atoms with Gasteiger partial charge in [-0.15, -0.1) is 11.3 Å². The van der Waals surface area contributed by atoms with Gasteiger partial charge in [0.25, 0.3) is 0 Å². The molecule has 2 aromatic rings. The Labute approximate surface area is 195 Å². The summed E-state index contributed by atoms with van der Waals surface area (Å²) >= 11 is 1.11. The molecule has 180 valence electrons. The van der Waals surface area contributed by atoms with Crippen molar-refractivity contribution in [3.05, 3.63) is 17.3 Å². The number of hydrogen-bond acceptors (Lipinski definition) is 6. The van der Waals surface area contributed by atoms with E-state index in [2.05, 4.69) is 19.8 Å². The van der Waals surface area contributed by atoms with Crippen LogP contribution in [-0.4, -0.2) is 77.7 Å². The van der Waals surface area contributed by atoms with E-state index in [0.29, 0.717) is 22.6 Å². The fourth-order valence-electron chi connectivity index (χ4n) is 5.81. The number of fused-ring (bicyclic) bond motifs is 2. The molecule has 0 aliphatic carbocycles. The highest BCUT2D eigenvalue weighted by Crippen LogP contribution is 2.38. The lowest BCUT2D eigenvalue weighted by Crippen LogP contribution is -2.45. The van der Waals surface area contributed by atoms with Crippen LogP contribution in [0.4, 0.5) is 19.0 Å². The van der Waals surface area contributed by atoms with Crippen LogP contribution in [0.15, 0.2) is 12.4 Å². The van der Waals surface area contributed by atoms with Crippen molar-refractivity contribution in [2.24, 2.45) is 17.8 Å². The highest BCUT2D eigenvalue weighted by atomic mass is 32.1. The zero-order valence-corrected chi connectivity index (χ0v) is 19.7. The van der Waals surface area contributed by atoms with E-state index >= 15 is 0 Å². The van der Waals surface area contributed by atoms with Gasteiger partial charge >= 0.3 is 6.18 Å². The lowest BCUT2D eigenvalue weighted by Gasteiger charge is -2.38. The lowest BCUT2D eigenvalue weighted by molar-refractivity contribution is -0.130. The third kappa shape index (κ3) is 5.11. The highest BCUT2D eigenvalue weighted by molar-refractivity contribution is 7.18. The number of amides is 1. The quantitative estimate of drug-likeness (QED) is 0.665. The summed E-state index contributed by atoms with van der Waals surface area (Å²) < 4.78 is 38.6. The van der Waals surface area contributed by atoms with Gasteiger partial charge in [-0.3, -0.25) is 4.79 Å². The van der Waals surface area contributed by atoms with Crippen LogP contribution in [-0.2, 0) is 11.2 Å². The molecule has 2 atom stereocenters. The average Bonchev–Trinajstić information content (AvgIpc) is 3.35. The second-order valence-corrected chi connectivity index (χ2v) is 11.0. The molecule has 5 heterocycles. The maximum absolute atomic E-state index is 12.9. The van der Waals surface area contributed by atoms with Crippen LogP contribution < -0.4 is 4.90 Å². The lowest BCUT2D eigenvalue weighted by atomic mass is 9.87. The second kappa shape index (κ2) is 9.02. The van der Waals surface area contributed by atoms with Crippen LogP contribution in [0, 0.1) is 17.8 Å². The van der Waals surface area contributed by atoms with Crippen molar-refractivity contribution < 1.29 is 18.0 Å². The first-order valence-electron chi connectivity index (χ1n) is 11.8. The van der Waals surface area contributed by atoms with Gasteiger partial charge in [0.15, 0.2) is 0 Å². The first-order chi connectivity index (χ1) is 15.7.